The first-order chi connectivity index (χ1) is 14.9. The molecule has 0 unspecified atom stereocenters. The maximum absolute atomic E-state index is 10.4. The number of nitrogens with one attached hydrogen (secondary N) is 1. The van der Waals surface area contributed by atoms with Crippen LogP contribution in [-0.2, 0) is 27.0 Å². The Bertz CT molecular complexity index is 969. The summed E-state index contributed by atoms with van der Waals surface area (Å²) in [5.41, 5.74) is 3.60. The number of aromatic nitrogens is 2. The first-order valence-electron chi connectivity index (χ1n) is 8.35. The van der Waals surface area contributed by atoms with Crippen molar-refractivity contribution in [2.75, 3.05) is 13.6 Å². The molecule has 0 fully saturated rings. The second kappa shape index (κ2) is 19.7. The zero-order valence-electron chi connectivity index (χ0n) is 18.7. The molecule has 207 valence electrons. The fourth-order valence-electron chi connectivity index (χ4n) is 1.90. The van der Waals surface area contributed by atoms with Crippen molar-refractivity contribution in [2.45, 2.75) is 0 Å². The standard InChI is InChI=1S/2C7H5NO4.C4H7N3O.Co.4H2O/c2*9-6(10)4-2-1-3-5(8-4)7(11)12;1-7-2-3(8)6-4(7)5;;;;;/h2*1-3H,(H,9,10)(H,11,12);2H2,1H3,(H2,5,6,8);;4*1H2/q;;;+2;;;;/p-2. The number of hydrogen-bond acceptors (Lipinski definition) is 12. The van der Waals surface area contributed by atoms with E-state index in [-0.39, 0.29) is 44.6 Å². The van der Waals surface area contributed by atoms with Crippen molar-refractivity contribution < 1.29 is 87.7 Å². The fraction of sp³-hybridized carbons (Fsp3) is 0.111. The summed E-state index contributed by atoms with van der Waals surface area (Å²) in [6.07, 6.45) is 0. The summed E-state index contributed by atoms with van der Waals surface area (Å²) in [5.74, 6) is -5.66. The van der Waals surface area contributed by atoms with Gasteiger partial charge in [0.05, 0.1) is 53.7 Å². The number of carbonyl (C=O) groups excluding carboxylic acids is 5. The Balaban J connectivity index is -0.000000132. The molecule has 1 aliphatic rings. The van der Waals surface area contributed by atoms with Crippen LogP contribution in [-0.4, -0.2) is 80.3 Å². The Labute approximate surface area is 217 Å². The number of amides is 1. The zero-order valence-corrected chi connectivity index (χ0v) is 19.7. The molecule has 1 amide bonds. The SMILES string of the molecule is C[N+]1=C(N)NC(=O)C1.O.O.O.O=C([O-])c1cccc(C(=O)[O-])n1.O=C([O-])c1cccc(C(=O)[O-])n1.[Co+2].[OH3+]. The van der Waals surface area contributed by atoms with Gasteiger partial charge in [0.25, 0.3) is 0 Å². The maximum Gasteiger partial charge on any atom is 2.00 e. The number of nitrogens with zero attached hydrogens (tertiary/aromatic N) is 3. The summed E-state index contributed by atoms with van der Waals surface area (Å²) in [6.45, 7) is 0.381. The van der Waals surface area contributed by atoms with Crippen molar-refractivity contribution in [3.63, 3.8) is 0 Å². The molecule has 2 aromatic heterocycles. The first kappa shape index (κ1) is 42.6. The van der Waals surface area contributed by atoms with Crippen LogP contribution in [0.3, 0.4) is 0 Å². The molecular formula is C18H23CoN5O13. The number of carboxylic acid groups (broad SMARTS) is 4. The topological polar surface area (TPSA) is 372 Å². The van der Waals surface area contributed by atoms with Crippen LogP contribution in [0.1, 0.15) is 42.0 Å². The Morgan fingerprint density at radius 1 is 0.784 bits per heavy atom. The van der Waals surface area contributed by atoms with Crippen LogP contribution in [0, 0.1) is 0 Å². The molecule has 3 heterocycles. The van der Waals surface area contributed by atoms with Gasteiger partial charge in [0.15, 0.2) is 6.54 Å². The molecule has 37 heavy (non-hydrogen) atoms. The second-order valence-electron chi connectivity index (χ2n) is 5.76. The van der Waals surface area contributed by atoms with E-state index in [0.29, 0.717) is 12.5 Å². The predicted molar refractivity (Wildman–Crippen MR) is 110 cm³/mol. The van der Waals surface area contributed by atoms with Crippen molar-refractivity contribution in [2.24, 2.45) is 5.73 Å². The molecule has 3 rings (SSSR count). The van der Waals surface area contributed by atoms with Gasteiger partial charge < -0.3 is 61.5 Å². The van der Waals surface area contributed by atoms with Gasteiger partial charge in [-0.25, -0.2) is 15.3 Å². The minimum Gasteiger partial charge on any atom is -0.543 e. The van der Waals surface area contributed by atoms with Crippen molar-refractivity contribution in [1.82, 2.24) is 15.3 Å². The van der Waals surface area contributed by atoms with Gasteiger partial charge in [-0.2, -0.15) is 0 Å². The molecule has 1 radical (unpaired) electrons. The second-order valence-corrected chi connectivity index (χ2v) is 5.76. The largest absolute Gasteiger partial charge is 2.00 e. The normalized spacial score (nSPS) is 10.2. The molecule has 0 aromatic carbocycles. The minimum absolute atomic E-state index is 0. The molecule has 0 aliphatic carbocycles. The fourth-order valence-corrected chi connectivity index (χ4v) is 1.90. The summed E-state index contributed by atoms with van der Waals surface area (Å²) in [6, 6.07) is 7.07. The van der Waals surface area contributed by atoms with E-state index in [1.807, 2.05) is 0 Å². The van der Waals surface area contributed by atoms with Gasteiger partial charge >= 0.3 is 28.6 Å². The van der Waals surface area contributed by atoms with Crippen LogP contribution >= 0.6 is 0 Å². The summed E-state index contributed by atoms with van der Waals surface area (Å²) >= 11 is 0. The Morgan fingerprint density at radius 3 is 1.19 bits per heavy atom. The molecule has 0 atom stereocenters. The summed E-state index contributed by atoms with van der Waals surface area (Å²) in [4.78, 5) is 57.7. The van der Waals surface area contributed by atoms with E-state index in [1.165, 1.54) is 12.1 Å². The van der Waals surface area contributed by atoms with E-state index < -0.39 is 46.7 Å². The Hall–Kier alpha value is -4.53. The molecule has 0 spiro atoms. The van der Waals surface area contributed by atoms with Gasteiger partial charge in [-0.1, -0.05) is 12.1 Å². The molecule has 1 aliphatic heterocycles. The van der Waals surface area contributed by atoms with Crippen molar-refractivity contribution >= 4 is 35.7 Å². The van der Waals surface area contributed by atoms with E-state index in [4.69, 9.17) is 5.73 Å². The molecule has 2 aromatic rings. The van der Waals surface area contributed by atoms with Crippen LogP contribution in [0.4, 0.5) is 0 Å². The van der Waals surface area contributed by atoms with Gasteiger partial charge in [0.1, 0.15) is 0 Å². The average molecular weight is 576 g/mol. The van der Waals surface area contributed by atoms with Gasteiger partial charge in [-0.05, 0) is 24.3 Å². The van der Waals surface area contributed by atoms with Crippen LogP contribution < -0.4 is 31.5 Å². The smallest absolute Gasteiger partial charge is 0.543 e. The van der Waals surface area contributed by atoms with E-state index in [9.17, 15) is 44.4 Å². The van der Waals surface area contributed by atoms with Crippen molar-refractivity contribution in [3.8, 4) is 0 Å². The third-order valence-corrected chi connectivity index (χ3v) is 3.39. The molecule has 0 bridgehead atoms. The minimum atomic E-state index is -1.52. The summed E-state index contributed by atoms with van der Waals surface area (Å²) in [7, 11) is 1.76. The zero-order chi connectivity index (χ0) is 24.4. The number of aromatic carboxylic acids is 4. The van der Waals surface area contributed by atoms with Crippen LogP contribution in [0.2, 0.25) is 0 Å². The summed E-state index contributed by atoms with van der Waals surface area (Å²) < 4.78 is 1.66. The number of guanidine groups is 1. The average Bonchev–Trinajstić information content (AvgIpc) is 3.04. The molecule has 0 saturated carbocycles. The monoisotopic (exact) mass is 576 g/mol. The van der Waals surface area contributed by atoms with Crippen LogP contribution in [0.15, 0.2) is 36.4 Å². The number of carboxylic acids is 4. The van der Waals surface area contributed by atoms with Gasteiger partial charge in [0, 0.05) is 0 Å². The Morgan fingerprint density at radius 2 is 1.05 bits per heavy atom. The number of likely N-dealkylation sites (N-methyl/N-ethyl adjacent to an activating group) is 1. The van der Waals surface area contributed by atoms with Crippen LogP contribution in [0.25, 0.3) is 0 Å². The predicted octanol–water partition coefficient (Wildman–Crippen LogP) is -9.71. The molecule has 18 nitrogen and oxygen atoms in total. The van der Waals surface area contributed by atoms with Crippen molar-refractivity contribution in [1.29, 1.82) is 0 Å². The van der Waals surface area contributed by atoms with E-state index >= 15 is 0 Å². The quantitative estimate of drug-likeness (QED) is 0.253. The third kappa shape index (κ3) is 14.5. The van der Waals surface area contributed by atoms with Gasteiger partial charge in [0.2, 0.25) is 0 Å². The Kier molecular flexibility index (Phi) is 22.7. The van der Waals surface area contributed by atoms with E-state index in [0.717, 1.165) is 24.3 Å². The molecule has 19 heteroatoms. The number of nitrogens with two attached hydrogens (primary N) is 1. The first-order valence-corrected chi connectivity index (χ1v) is 8.35. The number of hydrogen-bond donors (Lipinski definition) is 2. The number of rotatable bonds is 4. The molecular weight excluding hydrogens is 553 g/mol. The molecule has 0 saturated heterocycles. The molecule has 12 N–H and O–H groups in total. The van der Waals surface area contributed by atoms with Gasteiger partial charge in [-0.3, -0.25) is 15.1 Å². The van der Waals surface area contributed by atoms with Crippen LogP contribution in [0.5, 0.6) is 0 Å². The van der Waals surface area contributed by atoms with Gasteiger partial charge in [-0.15, -0.1) is 0 Å². The number of pyridine rings is 2. The maximum atomic E-state index is 10.4. The number of carbonyl (C=O) groups is 5. The van der Waals surface area contributed by atoms with Crippen molar-refractivity contribution in [3.05, 3.63) is 59.2 Å². The third-order valence-electron chi connectivity index (χ3n) is 3.39. The summed E-state index contributed by atoms with van der Waals surface area (Å²) in [5, 5.41) is 43.2. The van der Waals surface area contributed by atoms with E-state index in [1.54, 1.807) is 11.6 Å². The van der Waals surface area contributed by atoms with E-state index in [2.05, 4.69) is 15.3 Å².